The van der Waals surface area contributed by atoms with Crippen LogP contribution in [0.4, 0.5) is 9.18 Å². The first kappa shape index (κ1) is 27.9. The number of carbonyl (C=O) groups is 3. The van der Waals surface area contributed by atoms with E-state index in [1.54, 1.807) is 30.3 Å². The molecule has 212 valence electrons. The Balaban J connectivity index is 1.42. The van der Waals surface area contributed by atoms with Crippen molar-refractivity contribution in [3.05, 3.63) is 52.8 Å². The monoisotopic (exact) mass is 591 g/mol. The minimum Gasteiger partial charge on any atom is -0.384 e. The Morgan fingerprint density at radius 1 is 1.25 bits per heavy atom. The molecule has 2 atom stereocenters. The fourth-order valence-corrected chi connectivity index (χ4v) is 7.07. The lowest BCUT2D eigenvalue weighted by atomic mass is 10.0. The summed E-state index contributed by atoms with van der Waals surface area (Å²) in [5.41, 5.74) is 4.20. The van der Waals surface area contributed by atoms with Crippen LogP contribution in [0.1, 0.15) is 34.8 Å². The molecule has 15 heteroatoms. The number of thiazole rings is 1. The molecular weight excluding hydrogens is 565 g/mol. The molecule has 1 aliphatic carbocycles. The highest BCUT2D eigenvalue weighted by Gasteiger charge is 2.37. The van der Waals surface area contributed by atoms with Gasteiger partial charge in [-0.25, -0.2) is 22.6 Å². The lowest BCUT2D eigenvalue weighted by molar-refractivity contribution is -0.126. The van der Waals surface area contributed by atoms with Crippen molar-refractivity contribution < 1.29 is 36.8 Å². The van der Waals surface area contributed by atoms with Gasteiger partial charge in [0.25, 0.3) is 0 Å². The lowest BCUT2D eigenvalue weighted by Gasteiger charge is -2.15. The van der Waals surface area contributed by atoms with Crippen molar-refractivity contribution >= 4 is 49.3 Å². The van der Waals surface area contributed by atoms with Crippen LogP contribution in [-0.2, 0) is 29.0 Å². The molecule has 2 fully saturated rings. The van der Waals surface area contributed by atoms with E-state index in [1.807, 2.05) is 0 Å². The normalized spacial score (nSPS) is 17.8. The van der Waals surface area contributed by atoms with Crippen LogP contribution in [-0.4, -0.2) is 63.4 Å². The number of carbonyl (C=O) groups excluding carboxylic acids is 3. The molecule has 12 nitrogen and oxygen atoms in total. The van der Waals surface area contributed by atoms with Crippen molar-refractivity contribution in [3.63, 3.8) is 0 Å². The maximum Gasteiger partial charge on any atom is 0.427 e. The highest BCUT2D eigenvalue weighted by atomic mass is 32.2. The third kappa shape index (κ3) is 6.22. The molecule has 40 heavy (non-hydrogen) atoms. The number of fused-ring (bicyclic) bond motifs is 1. The van der Waals surface area contributed by atoms with Crippen LogP contribution in [0.2, 0.25) is 0 Å². The molecule has 0 bridgehead atoms. The van der Waals surface area contributed by atoms with Gasteiger partial charge in [-0.1, -0.05) is 24.3 Å². The zero-order valence-electron chi connectivity index (χ0n) is 21.2. The number of sulfone groups is 1. The number of amides is 3. The predicted octanol–water partition coefficient (Wildman–Crippen LogP) is 1.84. The molecule has 0 spiro atoms. The van der Waals surface area contributed by atoms with Gasteiger partial charge in [0.2, 0.25) is 11.8 Å². The van der Waals surface area contributed by atoms with E-state index in [2.05, 4.69) is 31.3 Å². The Labute approximate surface area is 232 Å². The smallest absolute Gasteiger partial charge is 0.384 e. The summed E-state index contributed by atoms with van der Waals surface area (Å²) in [6.07, 6.45) is 0.588. The average Bonchev–Trinajstić information content (AvgIpc) is 3.48. The van der Waals surface area contributed by atoms with Crippen molar-refractivity contribution in [1.29, 1.82) is 0 Å². The minimum absolute atomic E-state index is 0.0406. The number of methoxy groups -OCH3 is 1. The number of rotatable bonds is 11. The molecule has 2 heterocycles. The number of hydrogen-bond donors (Lipinski definition) is 4. The van der Waals surface area contributed by atoms with Gasteiger partial charge in [-0.2, -0.15) is 0 Å². The summed E-state index contributed by atoms with van der Waals surface area (Å²) in [4.78, 5) is 45.4. The maximum atomic E-state index is 15.2. The zero-order valence-corrected chi connectivity index (χ0v) is 22.9. The van der Waals surface area contributed by atoms with E-state index in [9.17, 15) is 22.8 Å². The van der Waals surface area contributed by atoms with Gasteiger partial charge in [0.1, 0.15) is 17.0 Å². The van der Waals surface area contributed by atoms with Gasteiger partial charge < -0.3 is 20.2 Å². The van der Waals surface area contributed by atoms with E-state index in [1.165, 1.54) is 13.2 Å². The summed E-state index contributed by atoms with van der Waals surface area (Å²) in [6, 6.07) is 9.56. The predicted molar refractivity (Wildman–Crippen MR) is 143 cm³/mol. The van der Waals surface area contributed by atoms with Crippen molar-refractivity contribution in [2.24, 2.45) is 0 Å². The molecule has 5 rings (SSSR count). The van der Waals surface area contributed by atoms with Gasteiger partial charge in [0, 0.05) is 24.8 Å². The van der Waals surface area contributed by atoms with Gasteiger partial charge in [-0.3, -0.25) is 14.9 Å². The number of halogens is 1. The van der Waals surface area contributed by atoms with Gasteiger partial charge in [-0.15, -0.1) is 16.8 Å². The number of nitrogens with zero attached hydrogens (tertiary/aromatic N) is 1. The fourth-order valence-electron chi connectivity index (χ4n) is 4.11. The summed E-state index contributed by atoms with van der Waals surface area (Å²) in [6.45, 7) is -0.516. The average molecular weight is 592 g/mol. The van der Waals surface area contributed by atoms with Gasteiger partial charge >= 0.3 is 6.09 Å². The van der Waals surface area contributed by atoms with Crippen LogP contribution in [0.3, 0.4) is 0 Å². The van der Waals surface area contributed by atoms with Gasteiger partial charge in [0.05, 0.1) is 29.1 Å². The number of nitrogens with one attached hydrogen (secondary N) is 4. The van der Waals surface area contributed by atoms with Crippen molar-refractivity contribution in [1.82, 2.24) is 26.4 Å². The summed E-state index contributed by atoms with van der Waals surface area (Å²) >= 11 is 0.957. The van der Waals surface area contributed by atoms with E-state index in [-0.39, 0.29) is 35.3 Å². The number of hydrogen-bond acceptors (Lipinski definition) is 10. The molecule has 2 aromatic carbocycles. The molecule has 3 amide bonds. The molecule has 0 radical (unpaired) electrons. The first-order valence-electron chi connectivity index (χ1n) is 12.4. The Morgan fingerprint density at radius 3 is 2.65 bits per heavy atom. The molecular formula is C25H26FN5O7S2. The molecule has 1 saturated heterocycles. The Kier molecular flexibility index (Phi) is 7.98. The van der Waals surface area contributed by atoms with Crippen molar-refractivity contribution in [2.75, 3.05) is 26.0 Å². The second-order valence-corrected chi connectivity index (χ2v) is 12.6. The Morgan fingerprint density at radius 2 is 2.00 bits per heavy atom. The van der Waals surface area contributed by atoms with E-state index in [0.717, 1.165) is 24.2 Å². The second kappa shape index (κ2) is 11.4. The molecule has 3 aromatic rings. The third-order valence-electron chi connectivity index (χ3n) is 6.34. The molecule has 2 aliphatic rings. The molecule has 2 unspecified atom stereocenters. The van der Waals surface area contributed by atoms with E-state index in [0.29, 0.717) is 15.8 Å². The Hall–Kier alpha value is -3.66. The van der Waals surface area contributed by atoms with E-state index < -0.39 is 50.7 Å². The molecule has 1 aromatic heterocycles. The van der Waals surface area contributed by atoms with Crippen LogP contribution >= 0.6 is 11.3 Å². The lowest BCUT2D eigenvalue weighted by Crippen LogP contribution is -2.41. The first-order valence-corrected chi connectivity index (χ1v) is 14.9. The topological polar surface area (TPSA) is 165 Å². The summed E-state index contributed by atoms with van der Waals surface area (Å²) < 4.78 is 46.9. The van der Waals surface area contributed by atoms with E-state index in [4.69, 9.17) is 4.74 Å². The number of aromatic nitrogens is 1. The number of ether oxygens (including phenoxy) is 1. The third-order valence-corrected chi connectivity index (χ3v) is 9.46. The maximum absolute atomic E-state index is 15.2. The molecule has 4 N–H and O–H groups in total. The van der Waals surface area contributed by atoms with Crippen LogP contribution in [0.5, 0.6) is 0 Å². The quantitative estimate of drug-likeness (QED) is 0.260. The van der Waals surface area contributed by atoms with Crippen LogP contribution in [0.15, 0.2) is 36.4 Å². The molecule has 1 aliphatic heterocycles. The summed E-state index contributed by atoms with van der Waals surface area (Å²) in [5, 5.41) is 5.96. The molecule has 1 saturated carbocycles. The second-order valence-electron chi connectivity index (χ2n) is 9.36. The minimum atomic E-state index is -4.09. The fraction of sp³-hybridized carbons (Fsp3) is 0.360. The highest BCUT2D eigenvalue weighted by molar-refractivity contribution is 7.92. The van der Waals surface area contributed by atoms with Crippen molar-refractivity contribution in [2.45, 2.75) is 30.3 Å². The van der Waals surface area contributed by atoms with Crippen molar-refractivity contribution in [3.8, 4) is 11.1 Å². The summed E-state index contributed by atoms with van der Waals surface area (Å²) in [7, 11) is -2.75. The Bertz CT molecular complexity index is 1560. The van der Waals surface area contributed by atoms with Crippen LogP contribution in [0.25, 0.3) is 21.3 Å². The number of benzene rings is 2. The largest absolute Gasteiger partial charge is 0.427 e. The van der Waals surface area contributed by atoms with Crippen LogP contribution < -0.4 is 21.4 Å². The standard InChI is InChI=1S/C25H26FN5O7S2/c1-37-8-9-40(35,36)21(23(33)27-12-20(32)28-15-6-7-15)24-29-18-11-17(26)16(10-19(18)39-24)13-2-4-14(5-3-13)22-30-25(34)38-31-22/h2-5,10-11,15,21-22,31H,6-9,12H2,1H3,(H,27,33)(H,28,32)(H,30,34). The van der Waals surface area contributed by atoms with Gasteiger partial charge in [-0.05, 0) is 30.0 Å². The summed E-state index contributed by atoms with van der Waals surface area (Å²) in [5.74, 6) is -2.34. The number of hydroxylamine groups is 1. The SMILES string of the molecule is COCCS(=O)(=O)C(C(=O)NCC(=O)NC1CC1)c1nc2cc(F)c(-c3ccc(C4NOC(=O)N4)cc3)cc2s1. The van der Waals surface area contributed by atoms with Crippen LogP contribution in [0, 0.1) is 5.82 Å². The van der Waals surface area contributed by atoms with E-state index >= 15 is 4.39 Å². The van der Waals surface area contributed by atoms with Gasteiger partial charge in [0.15, 0.2) is 15.1 Å². The highest BCUT2D eigenvalue weighted by Crippen LogP contribution is 2.35. The first-order chi connectivity index (χ1) is 19.1. The zero-order chi connectivity index (χ0) is 28.4.